The van der Waals surface area contributed by atoms with Gasteiger partial charge in [0.2, 0.25) is 11.8 Å². The van der Waals surface area contributed by atoms with E-state index in [0.717, 1.165) is 19.3 Å². The summed E-state index contributed by atoms with van der Waals surface area (Å²) in [4.78, 5) is 24.8. The molecule has 0 spiro atoms. The van der Waals surface area contributed by atoms with E-state index in [1.54, 1.807) is 13.8 Å². The third-order valence-electron chi connectivity index (χ3n) is 6.62. The Morgan fingerprint density at radius 2 is 1.31 bits per heavy atom. The fourth-order valence-corrected chi connectivity index (χ4v) is 4.17. The highest BCUT2D eigenvalue weighted by Crippen LogP contribution is 2.15. The van der Waals surface area contributed by atoms with Gasteiger partial charge in [-0.05, 0) is 12.3 Å². The van der Waals surface area contributed by atoms with Crippen molar-refractivity contribution in [2.24, 2.45) is 11.7 Å². The van der Waals surface area contributed by atoms with Crippen LogP contribution in [0.25, 0.3) is 0 Å². The molecular weight excluding hydrogens is 462 g/mol. The molecule has 3 unspecified atom stereocenters. The van der Waals surface area contributed by atoms with Crippen molar-refractivity contribution in [3.05, 3.63) is 0 Å². The van der Waals surface area contributed by atoms with Crippen molar-refractivity contribution in [3.63, 3.8) is 0 Å². The molecule has 0 aliphatic rings. The maximum Gasteiger partial charge on any atom is 0.243 e. The minimum atomic E-state index is -1.03. The summed E-state index contributed by atoms with van der Waals surface area (Å²) >= 11 is 0. The molecule has 9 heteroatoms. The number of aliphatic hydroxyl groups is 4. The third kappa shape index (κ3) is 17.2. The number of nitrogens with one attached hydrogen (secondary N) is 2. The van der Waals surface area contributed by atoms with E-state index in [1.807, 2.05) is 0 Å². The Hall–Kier alpha value is -1.26. The molecule has 0 fully saturated rings. The number of carbonyl (C=O) groups is 2. The van der Waals surface area contributed by atoms with Crippen molar-refractivity contribution in [1.82, 2.24) is 10.6 Å². The average Bonchev–Trinajstić information content (AvgIpc) is 2.83. The van der Waals surface area contributed by atoms with Gasteiger partial charge in [0.25, 0.3) is 0 Å². The first-order valence-electron chi connectivity index (χ1n) is 14.1. The molecular formula is C27H55N3O6. The van der Waals surface area contributed by atoms with Gasteiger partial charge in [-0.25, -0.2) is 0 Å². The molecule has 0 radical (unpaired) electrons. The fourth-order valence-electron chi connectivity index (χ4n) is 4.17. The minimum Gasteiger partial charge on any atom is -0.394 e. The Morgan fingerprint density at radius 3 is 1.78 bits per heavy atom. The van der Waals surface area contributed by atoms with E-state index in [2.05, 4.69) is 17.6 Å². The zero-order chi connectivity index (χ0) is 27.3. The molecule has 0 rings (SSSR count). The van der Waals surface area contributed by atoms with Gasteiger partial charge in [-0.1, -0.05) is 91.4 Å². The van der Waals surface area contributed by atoms with E-state index in [0.29, 0.717) is 6.42 Å². The van der Waals surface area contributed by atoms with E-state index in [-0.39, 0.29) is 18.8 Å². The van der Waals surface area contributed by atoms with Crippen LogP contribution in [0.5, 0.6) is 0 Å². The Morgan fingerprint density at radius 1 is 0.806 bits per heavy atom. The molecule has 9 nitrogen and oxygen atoms in total. The molecule has 0 aromatic carbocycles. The monoisotopic (exact) mass is 517 g/mol. The zero-order valence-electron chi connectivity index (χ0n) is 23.0. The molecule has 0 aliphatic carbocycles. The molecule has 0 aromatic rings. The average molecular weight is 518 g/mol. The molecule has 2 amide bonds. The van der Waals surface area contributed by atoms with Gasteiger partial charge < -0.3 is 36.8 Å². The van der Waals surface area contributed by atoms with Crippen LogP contribution in [0.3, 0.4) is 0 Å². The largest absolute Gasteiger partial charge is 0.394 e. The van der Waals surface area contributed by atoms with Crippen LogP contribution in [0.1, 0.15) is 111 Å². The van der Waals surface area contributed by atoms with E-state index in [9.17, 15) is 19.8 Å². The Balaban J connectivity index is 4.16. The number of hydrogen-bond acceptors (Lipinski definition) is 7. The summed E-state index contributed by atoms with van der Waals surface area (Å²) in [6, 6.07) is -2.54. The first kappa shape index (κ1) is 34.7. The van der Waals surface area contributed by atoms with Crippen LogP contribution in [0.15, 0.2) is 0 Å². The van der Waals surface area contributed by atoms with Crippen molar-refractivity contribution in [3.8, 4) is 0 Å². The predicted octanol–water partition coefficient (Wildman–Crippen LogP) is 2.13. The second-order valence-electron chi connectivity index (χ2n) is 10.5. The van der Waals surface area contributed by atoms with Gasteiger partial charge in [-0.3, -0.25) is 9.59 Å². The van der Waals surface area contributed by atoms with Crippen molar-refractivity contribution in [1.29, 1.82) is 0 Å². The third-order valence-corrected chi connectivity index (χ3v) is 6.62. The molecule has 36 heavy (non-hydrogen) atoms. The molecule has 0 bridgehead atoms. The molecule has 4 atom stereocenters. The standard InChI is InChI=1S/C27H55N3O6/c1-4-5-6-7-8-9-10-11-12-13-14-15-22(33)16-24(34)23(28)17-25(35)30-26(20(2)3)27(36)29-21(18-31)19-32/h20-24,26,31-34H,4-19,28H2,1-3H3,(H,29,36)(H,30,35)/t22?,23?,24?,26-/m0/s1. The van der Waals surface area contributed by atoms with Gasteiger partial charge >= 0.3 is 0 Å². The Labute approximate surface area is 218 Å². The molecule has 8 N–H and O–H groups in total. The highest BCUT2D eigenvalue weighted by Gasteiger charge is 2.28. The topological polar surface area (TPSA) is 165 Å². The molecule has 0 aliphatic heterocycles. The lowest BCUT2D eigenvalue weighted by atomic mass is 9.97. The lowest BCUT2D eigenvalue weighted by Crippen LogP contribution is -2.54. The van der Waals surface area contributed by atoms with Gasteiger partial charge in [-0.2, -0.15) is 0 Å². The van der Waals surface area contributed by atoms with E-state index in [4.69, 9.17) is 15.9 Å². The van der Waals surface area contributed by atoms with E-state index >= 15 is 0 Å². The molecule has 0 heterocycles. The molecule has 0 saturated heterocycles. The lowest BCUT2D eigenvalue weighted by molar-refractivity contribution is -0.131. The minimum absolute atomic E-state index is 0.106. The predicted molar refractivity (Wildman–Crippen MR) is 143 cm³/mol. The lowest BCUT2D eigenvalue weighted by Gasteiger charge is -2.26. The summed E-state index contributed by atoms with van der Waals surface area (Å²) in [5, 5.41) is 44.0. The van der Waals surface area contributed by atoms with Crippen LogP contribution in [-0.2, 0) is 9.59 Å². The van der Waals surface area contributed by atoms with Crippen molar-refractivity contribution in [2.75, 3.05) is 13.2 Å². The van der Waals surface area contributed by atoms with Crippen LogP contribution < -0.4 is 16.4 Å². The van der Waals surface area contributed by atoms with Crippen LogP contribution in [0.2, 0.25) is 0 Å². The Kier molecular flexibility index (Phi) is 21.0. The smallest absolute Gasteiger partial charge is 0.243 e. The van der Waals surface area contributed by atoms with Gasteiger partial charge in [0.15, 0.2) is 0 Å². The summed E-state index contributed by atoms with van der Waals surface area (Å²) in [6.07, 6.45) is 12.4. The van der Waals surface area contributed by atoms with Crippen LogP contribution in [0.4, 0.5) is 0 Å². The van der Waals surface area contributed by atoms with Gasteiger partial charge in [0, 0.05) is 18.9 Å². The normalized spacial score (nSPS) is 15.1. The van der Waals surface area contributed by atoms with Crippen LogP contribution in [0, 0.1) is 5.92 Å². The summed E-state index contributed by atoms with van der Waals surface area (Å²) in [5.74, 6) is -1.23. The second kappa shape index (κ2) is 21.8. The SMILES string of the molecule is CCCCCCCCCCCCCC(O)CC(O)C(N)CC(=O)N[C@H](C(=O)NC(CO)CO)C(C)C. The summed E-state index contributed by atoms with van der Waals surface area (Å²) in [5.41, 5.74) is 5.99. The highest BCUT2D eigenvalue weighted by atomic mass is 16.3. The van der Waals surface area contributed by atoms with Crippen LogP contribution >= 0.6 is 0 Å². The number of unbranched alkanes of at least 4 members (excludes halogenated alkanes) is 10. The summed E-state index contributed by atoms with van der Waals surface area (Å²) < 4.78 is 0. The summed E-state index contributed by atoms with van der Waals surface area (Å²) in [7, 11) is 0. The zero-order valence-corrected chi connectivity index (χ0v) is 23.0. The van der Waals surface area contributed by atoms with Crippen LogP contribution in [-0.4, -0.2) is 75.8 Å². The van der Waals surface area contributed by atoms with Gasteiger partial charge in [0.1, 0.15) is 6.04 Å². The van der Waals surface area contributed by atoms with Crippen molar-refractivity contribution in [2.45, 2.75) is 141 Å². The van der Waals surface area contributed by atoms with Crippen molar-refractivity contribution >= 4 is 11.8 Å². The van der Waals surface area contributed by atoms with Gasteiger partial charge in [-0.15, -0.1) is 0 Å². The maximum absolute atomic E-state index is 12.4. The highest BCUT2D eigenvalue weighted by molar-refractivity contribution is 5.88. The van der Waals surface area contributed by atoms with Crippen molar-refractivity contribution < 1.29 is 30.0 Å². The number of hydrogen-bond donors (Lipinski definition) is 7. The number of rotatable bonds is 23. The van der Waals surface area contributed by atoms with Gasteiger partial charge in [0.05, 0.1) is 31.5 Å². The molecule has 0 saturated carbocycles. The van der Waals surface area contributed by atoms with E-state index in [1.165, 1.54) is 51.4 Å². The number of amides is 2. The van der Waals surface area contributed by atoms with E-state index < -0.39 is 55.4 Å². The maximum atomic E-state index is 12.4. The quantitative estimate of drug-likeness (QED) is 0.102. The molecule has 0 aromatic heterocycles. The second-order valence-corrected chi connectivity index (χ2v) is 10.5. The summed E-state index contributed by atoms with van der Waals surface area (Å²) in [6.45, 7) is 4.92. The Bertz CT molecular complexity index is 560. The number of carbonyl (C=O) groups excluding carboxylic acids is 2. The first-order chi connectivity index (χ1) is 17.2. The number of nitrogens with two attached hydrogens (primary N) is 1. The first-order valence-corrected chi connectivity index (χ1v) is 14.1. The number of aliphatic hydroxyl groups excluding tert-OH is 4. The fraction of sp³-hybridized carbons (Fsp3) is 0.926. The molecule has 214 valence electrons.